The summed E-state index contributed by atoms with van der Waals surface area (Å²) >= 11 is 0. The molecule has 0 amide bonds. The van der Waals surface area contributed by atoms with Crippen LogP contribution >= 0.6 is 0 Å². The van der Waals surface area contributed by atoms with Gasteiger partial charge in [-0.1, -0.05) is 32.9 Å². The van der Waals surface area contributed by atoms with Crippen LogP contribution in [0.2, 0.25) is 0 Å². The average Bonchev–Trinajstić information content (AvgIpc) is 2.64. The molecule has 152 valence electrons. The summed E-state index contributed by atoms with van der Waals surface area (Å²) in [6.45, 7) is 12.2. The van der Waals surface area contributed by atoms with Gasteiger partial charge in [0.25, 0.3) is 0 Å². The van der Waals surface area contributed by atoms with Gasteiger partial charge in [-0.25, -0.2) is 4.99 Å². The highest BCUT2D eigenvalue weighted by Crippen LogP contribution is 2.33. The van der Waals surface area contributed by atoms with Crippen molar-refractivity contribution in [3.05, 3.63) is 29.8 Å². The van der Waals surface area contributed by atoms with Gasteiger partial charge in [-0.05, 0) is 42.9 Å². The number of rotatable bonds is 6. The molecule has 0 aliphatic carbocycles. The van der Waals surface area contributed by atoms with E-state index in [-0.39, 0.29) is 5.41 Å². The van der Waals surface area contributed by atoms with Gasteiger partial charge in [0.05, 0.1) is 12.6 Å². The first-order valence-corrected chi connectivity index (χ1v) is 10.2. The van der Waals surface area contributed by atoms with Gasteiger partial charge in [0.1, 0.15) is 0 Å². The van der Waals surface area contributed by atoms with Crippen LogP contribution in [-0.4, -0.2) is 45.9 Å². The highest BCUT2D eigenvalue weighted by molar-refractivity contribution is 5.79. The number of anilines is 1. The number of benzene rings is 1. The van der Waals surface area contributed by atoms with Crippen molar-refractivity contribution < 1.29 is 4.74 Å². The summed E-state index contributed by atoms with van der Waals surface area (Å²) < 4.78 is 6.10. The lowest BCUT2D eigenvalue weighted by molar-refractivity contribution is -0.0835. The van der Waals surface area contributed by atoms with Crippen molar-refractivity contribution in [3.63, 3.8) is 0 Å². The number of guanidine groups is 1. The number of nitrogens with one attached hydrogen (secondary N) is 2. The Balaban J connectivity index is 1.96. The molecule has 2 N–H and O–H groups in total. The summed E-state index contributed by atoms with van der Waals surface area (Å²) in [5.74, 6) is 1.40. The molecule has 2 unspecified atom stereocenters. The van der Waals surface area contributed by atoms with E-state index < -0.39 is 0 Å². The average molecular weight is 375 g/mol. The molecule has 1 aromatic carbocycles. The minimum Gasteiger partial charge on any atom is -0.378 e. The Kier molecular flexibility index (Phi) is 7.96. The van der Waals surface area contributed by atoms with Crippen LogP contribution in [0.5, 0.6) is 0 Å². The third-order valence-corrected chi connectivity index (χ3v) is 5.05. The highest BCUT2D eigenvalue weighted by Gasteiger charge is 2.35. The van der Waals surface area contributed by atoms with Crippen molar-refractivity contribution in [3.8, 4) is 0 Å². The first kappa shape index (κ1) is 21.5. The SMILES string of the molecule is CCNC(=NCc1ccc(N(C)C)cc1)NCC1CCCOC1C(C)(C)C. The summed E-state index contributed by atoms with van der Waals surface area (Å²) in [6, 6.07) is 8.57. The van der Waals surface area contributed by atoms with Crippen LogP contribution < -0.4 is 15.5 Å². The molecular formula is C22H38N4O. The largest absolute Gasteiger partial charge is 0.378 e. The Hall–Kier alpha value is -1.75. The summed E-state index contributed by atoms with van der Waals surface area (Å²) in [6.07, 6.45) is 2.64. The molecule has 1 saturated heterocycles. The number of hydrogen-bond acceptors (Lipinski definition) is 3. The van der Waals surface area contributed by atoms with E-state index in [1.165, 1.54) is 17.7 Å². The predicted molar refractivity (Wildman–Crippen MR) is 116 cm³/mol. The molecule has 1 aliphatic rings. The second kappa shape index (κ2) is 9.98. The van der Waals surface area contributed by atoms with Gasteiger partial charge in [0.2, 0.25) is 0 Å². The van der Waals surface area contributed by atoms with E-state index in [9.17, 15) is 0 Å². The maximum absolute atomic E-state index is 6.10. The fourth-order valence-corrected chi connectivity index (χ4v) is 3.65. The molecular weight excluding hydrogens is 336 g/mol. The van der Waals surface area contributed by atoms with Crippen LogP contribution in [0.15, 0.2) is 29.3 Å². The van der Waals surface area contributed by atoms with Crippen molar-refractivity contribution in [2.45, 2.75) is 53.2 Å². The topological polar surface area (TPSA) is 48.9 Å². The Morgan fingerprint density at radius 2 is 1.89 bits per heavy atom. The lowest BCUT2D eigenvalue weighted by atomic mass is 9.78. The molecule has 0 bridgehead atoms. The second-order valence-corrected chi connectivity index (χ2v) is 8.70. The minimum atomic E-state index is 0.163. The van der Waals surface area contributed by atoms with Crippen molar-refractivity contribution in [2.75, 3.05) is 38.7 Å². The van der Waals surface area contributed by atoms with Crippen molar-refractivity contribution >= 4 is 11.6 Å². The quantitative estimate of drug-likeness (QED) is 0.589. The molecule has 5 nitrogen and oxygen atoms in total. The van der Waals surface area contributed by atoms with Crippen molar-refractivity contribution in [2.24, 2.45) is 16.3 Å². The van der Waals surface area contributed by atoms with Gasteiger partial charge < -0.3 is 20.3 Å². The van der Waals surface area contributed by atoms with Crippen LogP contribution in [0.3, 0.4) is 0 Å². The lowest BCUT2D eigenvalue weighted by Crippen LogP contribution is -2.47. The molecule has 0 aromatic heterocycles. The van der Waals surface area contributed by atoms with E-state index in [0.717, 1.165) is 32.1 Å². The molecule has 1 fully saturated rings. The molecule has 1 heterocycles. The van der Waals surface area contributed by atoms with E-state index >= 15 is 0 Å². The van der Waals surface area contributed by atoms with Crippen LogP contribution in [0.4, 0.5) is 5.69 Å². The molecule has 0 radical (unpaired) electrons. The van der Waals surface area contributed by atoms with E-state index in [4.69, 9.17) is 9.73 Å². The van der Waals surface area contributed by atoms with E-state index in [2.05, 4.69) is 81.6 Å². The van der Waals surface area contributed by atoms with Gasteiger partial charge in [-0.2, -0.15) is 0 Å². The van der Waals surface area contributed by atoms with Crippen LogP contribution in [0.25, 0.3) is 0 Å². The Labute approximate surface area is 165 Å². The minimum absolute atomic E-state index is 0.163. The van der Waals surface area contributed by atoms with Gasteiger partial charge >= 0.3 is 0 Å². The molecule has 1 aromatic rings. The van der Waals surface area contributed by atoms with Gasteiger partial charge in [0, 0.05) is 45.4 Å². The maximum atomic E-state index is 6.10. The number of nitrogens with zero attached hydrogens (tertiary/aromatic N) is 2. The number of aliphatic imine (C=N–C) groups is 1. The zero-order valence-corrected chi connectivity index (χ0v) is 18.0. The monoisotopic (exact) mass is 374 g/mol. The zero-order chi connectivity index (χ0) is 19.9. The maximum Gasteiger partial charge on any atom is 0.191 e. The van der Waals surface area contributed by atoms with E-state index in [1.54, 1.807) is 0 Å². The third kappa shape index (κ3) is 6.73. The summed E-state index contributed by atoms with van der Waals surface area (Å²) in [4.78, 5) is 6.88. The fourth-order valence-electron chi connectivity index (χ4n) is 3.65. The van der Waals surface area contributed by atoms with Gasteiger partial charge in [-0.3, -0.25) is 0 Å². The van der Waals surface area contributed by atoms with Crippen LogP contribution in [0, 0.1) is 11.3 Å². The molecule has 5 heteroatoms. The molecule has 2 atom stereocenters. The summed E-state index contributed by atoms with van der Waals surface area (Å²) in [5, 5.41) is 6.91. The predicted octanol–water partition coefficient (Wildman–Crippen LogP) is 3.65. The van der Waals surface area contributed by atoms with Gasteiger partial charge in [0.15, 0.2) is 5.96 Å². The van der Waals surface area contributed by atoms with Crippen LogP contribution in [0.1, 0.15) is 46.1 Å². The first-order valence-electron chi connectivity index (χ1n) is 10.2. The molecule has 1 aliphatic heterocycles. The molecule has 27 heavy (non-hydrogen) atoms. The van der Waals surface area contributed by atoms with Crippen LogP contribution in [-0.2, 0) is 11.3 Å². The van der Waals surface area contributed by atoms with E-state index in [0.29, 0.717) is 18.6 Å². The summed E-state index contributed by atoms with van der Waals surface area (Å²) in [5.41, 5.74) is 2.58. The first-order chi connectivity index (χ1) is 12.8. The normalized spacial score (nSPS) is 21.0. The smallest absolute Gasteiger partial charge is 0.191 e. The standard InChI is InChI=1S/C22H38N4O/c1-7-23-21(24-15-17-10-12-19(13-11-17)26(5)6)25-16-18-9-8-14-27-20(18)22(2,3)4/h10-13,18,20H,7-9,14-16H2,1-6H3,(H2,23,24,25). The lowest BCUT2D eigenvalue weighted by Gasteiger charge is -2.40. The van der Waals surface area contributed by atoms with E-state index in [1.807, 2.05) is 0 Å². The van der Waals surface area contributed by atoms with Crippen molar-refractivity contribution in [1.82, 2.24) is 10.6 Å². The van der Waals surface area contributed by atoms with Gasteiger partial charge in [-0.15, -0.1) is 0 Å². The molecule has 0 saturated carbocycles. The Morgan fingerprint density at radius 1 is 1.19 bits per heavy atom. The second-order valence-electron chi connectivity index (χ2n) is 8.70. The Bertz CT molecular complexity index is 589. The molecule has 0 spiro atoms. The highest BCUT2D eigenvalue weighted by atomic mass is 16.5. The fraction of sp³-hybridized carbons (Fsp3) is 0.682. The summed E-state index contributed by atoms with van der Waals surface area (Å²) in [7, 11) is 4.11. The number of ether oxygens (including phenoxy) is 1. The number of hydrogen-bond donors (Lipinski definition) is 2. The Morgan fingerprint density at radius 3 is 2.48 bits per heavy atom. The molecule has 2 rings (SSSR count). The third-order valence-electron chi connectivity index (χ3n) is 5.05. The van der Waals surface area contributed by atoms with Crippen molar-refractivity contribution in [1.29, 1.82) is 0 Å². The zero-order valence-electron chi connectivity index (χ0n) is 18.0.